The summed E-state index contributed by atoms with van der Waals surface area (Å²) in [4.78, 5) is 31.2. The van der Waals surface area contributed by atoms with Crippen molar-refractivity contribution in [1.29, 1.82) is 0 Å². The Morgan fingerprint density at radius 2 is 1.52 bits per heavy atom. The van der Waals surface area contributed by atoms with Crippen LogP contribution in [-0.4, -0.2) is 30.1 Å². The van der Waals surface area contributed by atoms with Gasteiger partial charge in [-0.25, -0.2) is 0 Å². The molecule has 0 amide bonds. The van der Waals surface area contributed by atoms with Crippen molar-refractivity contribution in [1.82, 2.24) is 4.98 Å². The van der Waals surface area contributed by atoms with Gasteiger partial charge in [-0.1, -0.05) is 43.2 Å². The van der Waals surface area contributed by atoms with E-state index in [1.807, 2.05) is 6.92 Å². The van der Waals surface area contributed by atoms with Crippen molar-refractivity contribution in [3.8, 4) is 11.1 Å². The van der Waals surface area contributed by atoms with Crippen LogP contribution in [0.2, 0.25) is 0 Å². The standard InChI is InChI=1S/C26H33NO4/c1-6-9-10-22-20-15-26(24(28)30-7-2,25(29)31-8-3)16-21(20)23(18(5)27-22)19-13-11-17(4)12-14-19/h11-14H,6-10,15-16H2,1-5H3. The number of ether oxygens (including phenoxy) is 2. The Balaban J connectivity index is 2.20. The number of aromatic nitrogens is 1. The van der Waals surface area contributed by atoms with Gasteiger partial charge in [-0.3, -0.25) is 14.6 Å². The minimum atomic E-state index is -1.34. The summed E-state index contributed by atoms with van der Waals surface area (Å²) < 4.78 is 10.8. The minimum absolute atomic E-state index is 0.223. The lowest BCUT2D eigenvalue weighted by atomic mass is 9.84. The third kappa shape index (κ3) is 4.36. The van der Waals surface area contributed by atoms with E-state index in [1.54, 1.807) is 13.8 Å². The molecule has 0 unspecified atom stereocenters. The highest BCUT2D eigenvalue weighted by Gasteiger charge is 2.54. The monoisotopic (exact) mass is 423 g/mol. The average molecular weight is 424 g/mol. The van der Waals surface area contributed by atoms with Crippen LogP contribution in [0.3, 0.4) is 0 Å². The van der Waals surface area contributed by atoms with Gasteiger partial charge in [0, 0.05) is 29.8 Å². The van der Waals surface area contributed by atoms with Gasteiger partial charge < -0.3 is 9.47 Å². The number of carbonyl (C=O) groups is 2. The number of nitrogens with zero attached hydrogens (tertiary/aromatic N) is 1. The van der Waals surface area contributed by atoms with Crippen molar-refractivity contribution in [3.63, 3.8) is 0 Å². The van der Waals surface area contributed by atoms with Crippen LogP contribution < -0.4 is 0 Å². The first-order valence-corrected chi connectivity index (χ1v) is 11.3. The van der Waals surface area contributed by atoms with E-state index in [2.05, 4.69) is 38.1 Å². The molecule has 0 spiro atoms. The van der Waals surface area contributed by atoms with Gasteiger partial charge in [0.1, 0.15) is 0 Å². The molecule has 1 aromatic heterocycles. The van der Waals surface area contributed by atoms with E-state index in [9.17, 15) is 9.59 Å². The first-order valence-electron chi connectivity index (χ1n) is 11.3. The summed E-state index contributed by atoms with van der Waals surface area (Å²) in [5.41, 5.74) is 5.86. The van der Waals surface area contributed by atoms with Crippen LogP contribution in [0, 0.1) is 19.3 Å². The van der Waals surface area contributed by atoms with Gasteiger partial charge in [0.2, 0.25) is 0 Å². The molecule has 0 saturated carbocycles. The summed E-state index contributed by atoms with van der Waals surface area (Å²) in [6.07, 6.45) is 3.46. The van der Waals surface area contributed by atoms with E-state index in [1.165, 1.54) is 5.56 Å². The summed E-state index contributed by atoms with van der Waals surface area (Å²) in [6, 6.07) is 8.32. The molecule has 0 aliphatic heterocycles. The molecule has 1 aliphatic carbocycles. The molecule has 1 heterocycles. The topological polar surface area (TPSA) is 65.5 Å². The minimum Gasteiger partial charge on any atom is -0.465 e. The molecule has 31 heavy (non-hydrogen) atoms. The number of fused-ring (bicyclic) bond motifs is 1. The SMILES string of the molecule is CCCCc1nc(C)c(-c2ccc(C)cc2)c2c1CC(C(=O)OCC)(C(=O)OCC)C2. The number of unbranched alkanes of at least 4 members (excludes halogenated alkanes) is 1. The fourth-order valence-electron chi connectivity index (χ4n) is 4.50. The number of esters is 2. The number of rotatable bonds is 8. The van der Waals surface area contributed by atoms with Crippen molar-refractivity contribution in [2.24, 2.45) is 5.41 Å². The van der Waals surface area contributed by atoms with Crippen molar-refractivity contribution in [2.75, 3.05) is 13.2 Å². The molecular formula is C26H33NO4. The molecule has 0 N–H and O–H groups in total. The second kappa shape index (κ2) is 9.63. The van der Waals surface area contributed by atoms with Crippen LogP contribution in [-0.2, 0) is 38.3 Å². The van der Waals surface area contributed by atoms with Gasteiger partial charge in [0.05, 0.1) is 13.2 Å². The van der Waals surface area contributed by atoms with Gasteiger partial charge in [-0.05, 0) is 57.2 Å². The normalized spacial score (nSPS) is 14.2. The Morgan fingerprint density at radius 3 is 2.06 bits per heavy atom. The number of benzene rings is 1. The van der Waals surface area contributed by atoms with Crippen molar-refractivity contribution in [2.45, 2.75) is 66.7 Å². The zero-order valence-corrected chi connectivity index (χ0v) is 19.3. The molecule has 5 heteroatoms. The van der Waals surface area contributed by atoms with E-state index in [0.29, 0.717) is 0 Å². The van der Waals surface area contributed by atoms with E-state index < -0.39 is 17.4 Å². The zero-order valence-electron chi connectivity index (χ0n) is 19.3. The molecule has 166 valence electrons. The van der Waals surface area contributed by atoms with Gasteiger partial charge >= 0.3 is 11.9 Å². The zero-order chi connectivity index (χ0) is 22.6. The maximum absolute atomic E-state index is 13.1. The lowest BCUT2D eigenvalue weighted by Crippen LogP contribution is -2.43. The molecule has 0 bridgehead atoms. The third-order valence-electron chi connectivity index (χ3n) is 6.08. The van der Waals surface area contributed by atoms with Crippen molar-refractivity contribution in [3.05, 3.63) is 52.3 Å². The molecule has 0 saturated heterocycles. The molecule has 1 aliphatic rings. The molecule has 2 aromatic rings. The number of carbonyl (C=O) groups excluding carboxylic acids is 2. The van der Waals surface area contributed by atoms with E-state index >= 15 is 0 Å². The molecule has 0 fully saturated rings. The van der Waals surface area contributed by atoms with Gasteiger partial charge in [-0.2, -0.15) is 0 Å². The molecule has 0 atom stereocenters. The first-order chi connectivity index (χ1) is 14.9. The van der Waals surface area contributed by atoms with E-state index in [0.717, 1.165) is 52.9 Å². The summed E-state index contributed by atoms with van der Waals surface area (Å²) in [5, 5.41) is 0. The van der Waals surface area contributed by atoms with Crippen LogP contribution in [0.4, 0.5) is 0 Å². The first kappa shape index (κ1) is 23.0. The quantitative estimate of drug-likeness (QED) is 0.445. The molecule has 5 nitrogen and oxygen atoms in total. The Hall–Kier alpha value is -2.69. The Kier molecular flexibility index (Phi) is 7.14. The summed E-state index contributed by atoms with van der Waals surface area (Å²) in [5.74, 6) is -1.00. The summed E-state index contributed by atoms with van der Waals surface area (Å²) in [7, 11) is 0. The van der Waals surface area contributed by atoms with E-state index in [4.69, 9.17) is 14.5 Å². The predicted molar refractivity (Wildman–Crippen MR) is 121 cm³/mol. The van der Waals surface area contributed by atoms with Gasteiger partial charge in [-0.15, -0.1) is 0 Å². The molecular weight excluding hydrogens is 390 g/mol. The van der Waals surface area contributed by atoms with Crippen molar-refractivity contribution >= 4 is 11.9 Å². The fraction of sp³-hybridized carbons (Fsp3) is 0.500. The largest absolute Gasteiger partial charge is 0.465 e. The van der Waals surface area contributed by atoms with E-state index in [-0.39, 0.29) is 26.1 Å². The fourth-order valence-corrected chi connectivity index (χ4v) is 4.50. The van der Waals surface area contributed by atoms with Gasteiger partial charge in [0.25, 0.3) is 0 Å². The maximum Gasteiger partial charge on any atom is 0.324 e. The third-order valence-corrected chi connectivity index (χ3v) is 6.08. The Labute approximate surface area is 185 Å². The lowest BCUT2D eigenvalue weighted by Gasteiger charge is -2.24. The van der Waals surface area contributed by atoms with Crippen LogP contribution in [0.1, 0.15) is 61.7 Å². The average Bonchev–Trinajstić information content (AvgIpc) is 3.15. The summed E-state index contributed by atoms with van der Waals surface area (Å²) >= 11 is 0. The summed E-state index contributed by atoms with van der Waals surface area (Å²) in [6.45, 7) is 10.2. The second-order valence-corrected chi connectivity index (χ2v) is 8.32. The highest BCUT2D eigenvalue weighted by atomic mass is 16.6. The molecule has 0 radical (unpaired) electrons. The van der Waals surface area contributed by atoms with Crippen LogP contribution in [0.15, 0.2) is 24.3 Å². The Morgan fingerprint density at radius 1 is 0.935 bits per heavy atom. The number of aryl methyl sites for hydroxylation is 3. The Bertz CT molecular complexity index is 944. The van der Waals surface area contributed by atoms with Crippen LogP contribution in [0.25, 0.3) is 11.1 Å². The highest BCUT2D eigenvalue weighted by Crippen LogP contribution is 2.45. The van der Waals surface area contributed by atoms with Gasteiger partial charge in [0.15, 0.2) is 5.41 Å². The lowest BCUT2D eigenvalue weighted by molar-refractivity contribution is -0.171. The predicted octanol–water partition coefficient (Wildman–Crippen LogP) is 4.92. The highest BCUT2D eigenvalue weighted by molar-refractivity contribution is 6.02. The molecule has 3 rings (SSSR count). The number of pyridine rings is 1. The van der Waals surface area contributed by atoms with Crippen LogP contribution in [0.5, 0.6) is 0 Å². The van der Waals surface area contributed by atoms with Crippen LogP contribution >= 0.6 is 0 Å². The maximum atomic E-state index is 13.1. The second-order valence-electron chi connectivity index (χ2n) is 8.32. The smallest absolute Gasteiger partial charge is 0.324 e. The number of hydrogen-bond donors (Lipinski definition) is 0. The number of hydrogen-bond acceptors (Lipinski definition) is 5. The molecule has 1 aromatic carbocycles. The van der Waals surface area contributed by atoms with Crippen molar-refractivity contribution < 1.29 is 19.1 Å².